The average molecular weight is 354 g/mol. The molecule has 1 aromatic rings. The van der Waals surface area contributed by atoms with Gasteiger partial charge >= 0.3 is 0 Å². The zero-order valence-electron chi connectivity index (χ0n) is 13.5. The first-order valence-corrected chi connectivity index (χ1v) is 7.94. The highest BCUT2D eigenvalue weighted by Crippen LogP contribution is 2.18. The Bertz CT molecular complexity index is 618. The van der Waals surface area contributed by atoms with Crippen LogP contribution >= 0.6 is 11.6 Å². The van der Waals surface area contributed by atoms with Crippen LogP contribution in [0.5, 0.6) is 0 Å². The fraction of sp³-hybridized carbons (Fsp3) is 0.438. The highest BCUT2D eigenvalue weighted by Gasteiger charge is 2.30. The number of hydrogen-bond acceptors (Lipinski definition) is 5. The summed E-state index contributed by atoms with van der Waals surface area (Å²) in [5, 5.41) is 9.85. The van der Waals surface area contributed by atoms with E-state index in [4.69, 9.17) is 21.2 Å². The van der Waals surface area contributed by atoms with E-state index >= 15 is 0 Å². The first-order valence-electron chi connectivity index (χ1n) is 7.57. The van der Waals surface area contributed by atoms with Crippen molar-refractivity contribution in [2.75, 3.05) is 20.3 Å². The number of amides is 2. The summed E-state index contributed by atoms with van der Waals surface area (Å²) in [6.07, 6.45) is -0.407. The Hall–Kier alpha value is -2.12. The van der Waals surface area contributed by atoms with Gasteiger partial charge in [0.1, 0.15) is 6.04 Å². The van der Waals surface area contributed by atoms with Crippen LogP contribution < -0.4 is 10.6 Å². The van der Waals surface area contributed by atoms with E-state index in [0.717, 1.165) is 5.56 Å². The van der Waals surface area contributed by atoms with Crippen molar-refractivity contribution in [2.45, 2.75) is 25.5 Å². The zero-order chi connectivity index (χ0) is 17.5. The first kappa shape index (κ1) is 18.2. The summed E-state index contributed by atoms with van der Waals surface area (Å²) in [5.41, 5.74) is 1.52. The summed E-state index contributed by atoms with van der Waals surface area (Å²) in [6, 6.07) is 6.46. The van der Waals surface area contributed by atoms with Crippen molar-refractivity contribution in [3.63, 3.8) is 0 Å². The molecule has 0 fully saturated rings. The molecule has 1 aromatic carbocycles. The maximum Gasteiger partial charge on any atom is 0.264 e. The number of rotatable bonds is 7. The Morgan fingerprint density at radius 3 is 2.79 bits per heavy atom. The molecule has 0 aliphatic carbocycles. The van der Waals surface area contributed by atoms with Crippen molar-refractivity contribution < 1.29 is 19.2 Å². The Balaban J connectivity index is 1.82. The van der Waals surface area contributed by atoms with E-state index < -0.39 is 12.1 Å². The first-order chi connectivity index (χ1) is 11.5. The highest BCUT2D eigenvalue weighted by atomic mass is 35.5. The van der Waals surface area contributed by atoms with Gasteiger partial charge in [-0.3, -0.25) is 9.59 Å². The quantitative estimate of drug-likeness (QED) is 0.718. The molecule has 8 heteroatoms. The maximum absolute atomic E-state index is 12.2. The number of hydrogen-bond donors (Lipinski definition) is 2. The van der Waals surface area contributed by atoms with E-state index in [2.05, 4.69) is 15.8 Å². The minimum atomic E-state index is -0.745. The molecule has 24 heavy (non-hydrogen) atoms. The third-order valence-corrected chi connectivity index (χ3v) is 3.75. The van der Waals surface area contributed by atoms with Crippen molar-refractivity contribution in [3.8, 4) is 0 Å². The van der Waals surface area contributed by atoms with Crippen LogP contribution in [0, 0.1) is 0 Å². The van der Waals surface area contributed by atoms with E-state index in [-0.39, 0.29) is 11.8 Å². The van der Waals surface area contributed by atoms with Crippen molar-refractivity contribution >= 4 is 29.1 Å². The molecule has 1 aliphatic heterocycles. The lowest BCUT2D eigenvalue weighted by atomic mass is 10.0. The number of ether oxygens (including phenoxy) is 1. The Labute approximate surface area is 145 Å². The molecule has 1 aliphatic rings. The number of oxime groups is 1. The van der Waals surface area contributed by atoms with Gasteiger partial charge < -0.3 is 20.2 Å². The summed E-state index contributed by atoms with van der Waals surface area (Å²) >= 11 is 5.85. The van der Waals surface area contributed by atoms with Crippen molar-refractivity contribution in [1.29, 1.82) is 0 Å². The normalized spacial score (nSPS) is 17.6. The molecule has 0 saturated carbocycles. The fourth-order valence-electron chi connectivity index (χ4n) is 2.13. The van der Waals surface area contributed by atoms with Gasteiger partial charge in [-0.05, 0) is 24.6 Å². The van der Waals surface area contributed by atoms with Gasteiger partial charge in [0, 0.05) is 25.1 Å². The second-order valence-corrected chi connectivity index (χ2v) is 5.79. The second kappa shape index (κ2) is 8.65. The molecule has 0 saturated heterocycles. The van der Waals surface area contributed by atoms with Gasteiger partial charge in [0.2, 0.25) is 12.0 Å². The number of nitrogens with one attached hydrogen (secondary N) is 2. The fourth-order valence-corrected chi connectivity index (χ4v) is 2.26. The summed E-state index contributed by atoms with van der Waals surface area (Å²) in [7, 11) is 1.55. The minimum absolute atomic E-state index is 0.280. The third-order valence-electron chi connectivity index (χ3n) is 3.50. The van der Waals surface area contributed by atoms with Crippen LogP contribution in [-0.2, 0) is 19.2 Å². The van der Waals surface area contributed by atoms with Gasteiger partial charge in [0.15, 0.2) is 0 Å². The molecule has 0 spiro atoms. The summed E-state index contributed by atoms with van der Waals surface area (Å²) < 4.78 is 4.85. The maximum atomic E-state index is 12.2. The van der Waals surface area contributed by atoms with Crippen LogP contribution in [0.4, 0.5) is 0 Å². The Kier molecular flexibility index (Phi) is 6.57. The van der Waals surface area contributed by atoms with Crippen LogP contribution in [0.2, 0.25) is 5.02 Å². The smallest absolute Gasteiger partial charge is 0.264 e. The van der Waals surface area contributed by atoms with Gasteiger partial charge in [0.25, 0.3) is 5.91 Å². The molecule has 7 nitrogen and oxygen atoms in total. The molecule has 1 heterocycles. The van der Waals surface area contributed by atoms with Gasteiger partial charge in [-0.1, -0.05) is 28.9 Å². The van der Waals surface area contributed by atoms with Crippen molar-refractivity contribution in [2.24, 2.45) is 5.16 Å². The van der Waals surface area contributed by atoms with Crippen LogP contribution in [0.25, 0.3) is 0 Å². The van der Waals surface area contributed by atoms with Crippen LogP contribution in [0.15, 0.2) is 29.4 Å². The largest absolute Gasteiger partial charge is 0.383 e. The lowest BCUT2D eigenvalue weighted by molar-refractivity contribution is -0.135. The molecule has 0 unspecified atom stereocenters. The molecular weight excluding hydrogens is 334 g/mol. The molecule has 2 atom stereocenters. The van der Waals surface area contributed by atoms with Gasteiger partial charge in [-0.2, -0.15) is 0 Å². The molecule has 0 aromatic heterocycles. The predicted molar refractivity (Wildman–Crippen MR) is 90.0 cm³/mol. The van der Waals surface area contributed by atoms with Crippen LogP contribution in [-0.4, -0.2) is 49.9 Å². The number of benzene rings is 1. The van der Waals surface area contributed by atoms with Gasteiger partial charge in [-0.15, -0.1) is 0 Å². The number of carbonyl (C=O) groups excluding carboxylic acids is 2. The second-order valence-electron chi connectivity index (χ2n) is 5.36. The molecular formula is C16H20ClN3O4. The Morgan fingerprint density at radius 1 is 1.42 bits per heavy atom. The Morgan fingerprint density at radius 2 is 2.12 bits per heavy atom. The summed E-state index contributed by atoms with van der Waals surface area (Å²) in [4.78, 5) is 29.2. The highest BCUT2D eigenvalue weighted by molar-refractivity contribution is 6.30. The lowest BCUT2D eigenvalue weighted by Gasteiger charge is -2.16. The number of carbonyl (C=O) groups is 2. The molecule has 2 rings (SSSR count). The van der Waals surface area contributed by atoms with Crippen molar-refractivity contribution in [3.05, 3.63) is 34.9 Å². The SMILES string of the molecule is COCCNC(=O)[C@@H](C)NC(=O)[C@@H]1CC(c2ccc(Cl)cc2)=NO1. The van der Waals surface area contributed by atoms with E-state index in [1.54, 1.807) is 26.2 Å². The molecule has 0 bridgehead atoms. The molecule has 2 amide bonds. The summed E-state index contributed by atoms with van der Waals surface area (Å²) in [6.45, 7) is 2.41. The van der Waals surface area contributed by atoms with Crippen LogP contribution in [0.1, 0.15) is 18.9 Å². The van der Waals surface area contributed by atoms with Crippen LogP contribution in [0.3, 0.4) is 0 Å². The number of nitrogens with zero attached hydrogens (tertiary/aromatic N) is 1. The number of methoxy groups -OCH3 is 1. The summed E-state index contributed by atoms with van der Waals surface area (Å²) in [5.74, 6) is -0.658. The minimum Gasteiger partial charge on any atom is -0.383 e. The van der Waals surface area contributed by atoms with E-state index in [1.165, 1.54) is 0 Å². The third kappa shape index (κ3) is 4.94. The number of halogens is 1. The molecule has 0 radical (unpaired) electrons. The topological polar surface area (TPSA) is 89.0 Å². The lowest BCUT2D eigenvalue weighted by Crippen LogP contribution is -2.48. The zero-order valence-corrected chi connectivity index (χ0v) is 14.3. The van der Waals surface area contributed by atoms with Gasteiger partial charge in [-0.25, -0.2) is 0 Å². The monoisotopic (exact) mass is 353 g/mol. The van der Waals surface area contributed by atoms with Gasteiger partial charge in [0.05, 0.1) is 12.3 Å². The van der Waals surface area contributed by atoms with E-state index in [9.17, 15) is 9.59 Å². The molecule has 2 N–H and O–H groups in total. The molecule has 130 valence electrons. The average Bonchev–Trinajstić information content (AvgIpc) is 3.05. The van der Waals surface area contributed by atoms with E-state index in [0.29, 0.717) is 30.3 Å². The predicted octanol–water partition coefficient (Wildman–Crippen LogP) is 1.10. The standard InChI is InChI=1S/C16H20ClN3O4/c1-10(15(21)18-7-8-23-2)19-16(22)14-9-13(20-24-14)11-3-5-12(17)6-4-11/h3-6,10,14H,7-9H2,1-2H3,(H,18,21)(H,19,22)/t10-,14+/m1/s1. The van der Waals surface area contributed by atoms with E-state index in [1.807, 2.05) is 12.1 Å². The van der Waals surface area contributed by atoms with Crippen molar-refractivity contribution in [1.82, 2.24) is 10.6 Å².